The monoisotopic (exact) mass is 400 g/mol. The second-order valence-corrected chi connectivity index (χ2v) is 5.75. The van der Waals surface area contributed by atoms with E-state index in [1.54, 1.807) is 7.11 Å². The van der Waals surface area contributed by atoms with Crippen LogP contribution < -0.4 is 5.32 Å². The van der Waals surface area contributed by atoms with E-state index < -0.39 is 0 Å². The maximum atomic E-state index is 12.2. The Kier molecular flexibility index (Phi) is 16.7. The highest BCUT2D eigenvalue weighted by molar-refractivity contribution is 5.85. The summed E-state index contributed by atoms with van der Waals surface area (Å²) in [4.78, 5) is 30.3. The lowest BCUT2D eigenvalue weighted by molar-refractivity contribution is -0.132. The van der Waals surface area contributed by atoms with Gasteiger partial charge in [0.25, 0.3) is 0 Å². The van der Waals surface area contributed by atoms with Crippen LogP contribution in [-0.2, 0) is 14.3 Å². The molecule has 0 aliphatic carbocycles. The SMILES string of the molecule is CCN(CC)C(=O)CN1CCCN(C(=O)CNCCOC)CC1.Cl.Cl. The molecule has 0 atom stereocenters. The summed E-state index contributed by atoms with van der Waals surface area (Å²) >= 11 is 0. The van der Waals surface area contributed by atoms with Crippen LogP contribution in [0.25, 0.3) is 0 Å². The minimum Gasteiger partial charge on any atom is -0.383 e. The number of ether oxygens (including phenoxy) is 1. The second kappa shape index (κ2) is 15.6. The van der Waals surface area contributed by atoms with Crippen LogP contribution in [0.15, 0.2) is 0 Å². The van der Waals surface area contributed by atoms with Gasteiger partial charge in [0.1, 0.15) is 0 Å². The summed E-state index contributed by atoms with van der Waals surface area (Å²) in [5, 5.41) is 3.09. The Bertz CT molecular complexity index is 371. The molecular weight excluding hydrogens is 367 g/mol. The third-order valence-electron chi connectivity index (χ3n) is 4.18. The van der Waals surface area contributed by atoms with Crippen molar-refractivity contribution < 1.29 is 14.3 Å². The molecule has 1 fully saturated rings. The van der Waals surface area contributed by atoms with Crippen LogP contribution in [0, 0.1) is 0 Å². The van der Waals surface area contributed by atoms with Crippen LogP contribution >= 0.6 is 24.8 Å². The highest BCUT2D eigenvalue weighted by atomic mass is 35.5. The molecule has 0 spiro atoms. The van der Waals surface area contributed by atoms with Gasteiger partial charge in [0.2, 0.25) is 11.8 Å². The maximum absolute atomic E-state index is 12.2. The van der Waals surface area contributed by atoms with E-state index in [0.29, 0.717) is 32.8 Å². The zero-order valence-electron chi connectivity index (χ0n) is 15.7. The van der Waals surface area contributed by atoms with Gasteiger partial charge < -0.3 is 19.9 Å². The van der Waals surface area contributed by atoms with Gasteiger partial charge in [0, 0.05) is 52.9 Å². The summed E-state index contributed by atoms with van der Waals surface area (Å²) in [5.74, 6) is 0.300. The summed E-state index contributed by atoms with van der Waals surface area (Å²) in [7, 11) is 1.65. The number of hydrogen-bond donors (Lipinski definition) is 1. The molecule has 9 heteroatoms. The molecule has 1 aliphatic rings. The van der Waals surface area contributed by atoms with Crippen LogP contribution in [0.1, 0.15) is 20.3 Å². The summed E-state index contributed by atoms with van der Waals surface area (Å²) in [6.07, 6.45) is 0.912. The van der Waals surface area contributed by atoms with Gasteiger partial charge in [-0.1, -0.05) is 0 Å². The number of nitrogens with one attached hydrogen (secondary N) is 1. The fourth-order valence-corrected chi connectivity index (χ4v) is 2.73. The van der Waals surface area contributed by atoms with Crippen molar-refractivity contribution in [3.05, 3.63) is 0 Å². The highest BCUT2D eigenvalue weighted by Crippen LogP contribution is 2.04. The lowest BCUT2D eigenvalue weighted by atomic mass is 10.3. The van der Waals surface area contributed by atoms with E-state index in [-0.39, 0.29) is 36.6 Å². The van der Waals surface area contributed by atoms with Crippen LogP contribution in [0.2, 0.25) is 0 Å². The summed E-state index contributed by atoms with van der Waals surface area (Å²) in [6.45, 7) is 10.7. The Balaban J connectivity index is 0. The molecule has 0 unspecified atom stereocenters. The molecule has 0 aromatic rings. The number of likely N-dealkylation sites (N-methyl/N-ethyl adjacent to an activating group) is 1. The zero-order chi connectivity index (χ0) is 17.1. The summed E-state index contributed by atoms with van der Waals surface area (Å²) in [6, 6.07) is 0. The maximum Gasteiger partial charge on any atom is 0.236 e. The fourth-order valence-electron chi connectivity index (χ4n) is 2.73. The van der Waals surface area contributed by atoms with Crippen LogP contribution in [0.4, 0.5) is 0 Å². The van der Waals surface area contributed by atoms with E-state index in [4.69, 9.17) is 4.74 Å². The second-order valence-electron chi connectivity index (χ2n) is 5.75. The van der Waals surface area contributed by atoms with E-state index >= 15 is 0 Å². The first kappa shape index (κ1) is 26.6. The molecule has 2 amide bonds. The first-order chi connectivity index (χ1) is 11.1. The molecule has 25 heavy (non-hydrogen) atoms. The van der Waals surface area contributed by atoms with Gasteiger partial charge in [-0.05, 0) is 20.3 Å². The Morgan fingerprint density at radius 2 is 1.76 bits per heavy atom. The van der Waals surface area contributed by atoms with Gasteiger partial charge in [-0.25, -0.2) is 0 Å². The normalized spacial score (nSPS) is 14.9. The van der Waals surface area contributed by atoms with Crippen molar-refractivity contribution in [1.29, 1.82) is 0 Å². The first-order valence-electron chi connectivity index (χ1n) is 8.59. The molecule has 0 radical (unpaired) electrons. The van der Waals surface area contributed by atoms with Crippen molar-refractivity contribution in [1.82, 2.24) is 20.0 Å². The number of nitrogens with zero attached hydrogens (tertiary/aromatic N) is 3. The average Bonchev–Trinajstić information content (AvgIpc) is 2.78. The Morgan fingerprint density at radius 3 is 2.36 bits per heavy atom. The number of amides is 2. The van der Waals surface area contributed by atoms with Gasteiger partial charge in [-0.2, -0.15) is 0 Å². The molecule has 1 heterocycles. The smallest absolute Gasteiger partial charge is 0.236 e. The van der Waals surface area contributed by atoms with Crippen molar-refractivity contribution in [2.75, 3.05) is 72.6 Å². The van der Waals surface area contributed by atoms with Gasteiger partial charge in [-0.15, -0.1) is 24.8 Å². The molecule has 0 aromatic heterocycles. The minimum absolute atomic E-state index is 0. The van der Waals surface area contributed by atoms with Crippen LogP contribution in [-0.4, -0.2) is 99.1 Å². The van der Waals surface area contributed by atoms with Crippen molar-refractivity contribution in [2.24, 2.45) is 0 Å². The van der Waals surface area contributed by atoms with E-state index in [1.807, 2.05) is 23.6 Å². The number of methoxy groups -OCH3 is 1. The molecule has 0 bridgehead atoms. The lowest BCUT2D eigenvalue weighted by Gasteiger charge is -2.25. The first-order valence-corrected chi connectivity index (χ1v) is 8.59. The number of rotatable bonds is 9. The number of carbonyl (C=O) groups excluding carboxylic acids is 2. The summed E-state index contributed by atoms with van der Waals surface area (Å²) in [5.41, 5.74) is 0. The fraction of sp³-hybridized carbons (Fsp3) is 0.875. The summed E-state index contributed by atoms with van der Waals surface area (Å²) < 4.78 is 4.95. The Hall–Kier alpha value is -0.600. The van der Waals surface area contributed by atoms with Gasteiger partial charge >= 0.3 is 0 Å². The predicted octanol–water partition coefficient (Wildman–Crippen LogP) is 0.469. The van der Waals surface area contributed by atoms with Crippen molar-refractivity contribution in [3.63, 3.8) is 0 Å². The molecule has 1 N–H and O–H groups in total. The number of carbonyl (C=O) groups is 2. The van der Waals surface area contributed by atoms with E-state index in [9.17, 15) is 9.59 Å². The van der Waals surface area contributed by atoms with E-state index in [0.717, 1.165) is 39.1 Å². The standard InChI is InChI=1S/C16H32N4O3.2ClH/c1-4-19(5-2)16(22)14-18-8-6-9-20(11-10-18)15(21)13-17-7-12-23-3;;/h17H,4-14H2,1-3H3;2*1H. The van der Waals surface area contributed by atoms with E-state index in [2.05, 4.69) is 10.2 Å². The van der Waals surface area contributed by atoms with Crippen molar-refractivity contribution in [2.45, 2.75) is 20.3 Å². The Labute approximate surface area is 164 Å². The molecule has 1 rings (SSSR count). The minimum atomic E-state index is 0. The number of hydrogen-bond acceptors (Lipinski definition) is 5. The largest absolute Gasteiger partial charge is 0.383 e. The number of halogens is 2. The average molecular weight is 401 g/mol. The molecule has 1 aliphatic heterocycles. The van der Waals surface area contributed by atoms with Crippen molar-refractivity contribution in [3.8, 4) is 0 Å². The molecule has 1 saturated heterocycles. The van der Waals surface area contributed by atoms with Crippen LogP contribution in [0.5, 0.6) is 0 Å². The zero-order valence-corrected chi connectivity index (χ0v) is 17.3. The molecular formula is C16H34Cl2N4O3. The lowest BCUT2D eigenvalue weighted by Crippen LogP contribution is -2.43. The predicted molar refractivity (Wildman–Crippen MR) is 105 cm³/mol. The molecule has 0 aromatic carbocycles. The molecule has 7 nitrogen and oxygen atoms in total. The molecule has 150 valence electrons. The quantitative estimate of drug-likeness (QED) is 0.569. The van der Waals surface area contributed by atoms with Gasteiger partial charge in [0.15, 0.2) is 0 Å². The van der Waals surface area contributed by atoms with Crippen LogP contribution in [0.3, 0.4) is 0 Å². The third kappa shape index (κ3) is 10.2. The topological polar surface area (TPSA) is 65.1 Å². The van der Waals surface area contributed by atoms with E-state index in [1.165, 1.54) is 0 Å². The third-order valence-corrected chi connectivity index (χ3v) is 4.18. The molecule has 0 saturated carbocycles. The van der Waals surface area contributed by atoms with Gasteiger partial charge in [0.05, 0.1) is 19.7 Å². The van der Waals surface area contributed by atoms with Crippen molar-refractivity contribution >= 4 is 36.6 Å². The Morgan fingerprint density at radius 1 is 1.08 bits per heavy atom. The van der Waals surface area contributed by atoms with Gasteiger partial charge in [-0.3, -0.25) is 14.5 Å². The highest BCUT2D eigenvalue weighted by Gasteiger charge is 2.21.